The molecule has 0 aliphatic carbocycles. The number of alkyl halides is 3. The van der Waals surface area contributed by atoms with Crippen molar-refractivity contribution in [2.75, 3.05) is 0 Å². The van der Waals surface area contributed by atoms with Gasteiger partial charge in [-0.25, -0.2) is 0 Å². The molecular formula is C25H14F3N3O5S. The lowest BCUT2D eigenvalue weighted by atomic mass is 10.1. The van der Waals surface area contributed by atoms with Gasteiger partial charge < -0.3 is 4.74 Å². The summed E-state index contributed by atoms with van der Waals surface area (Å²) in [5.74, 6) is -0.891. The second-order valence-electron chi connectivity index (χ2n) is 7.65. The predicted molar refractivity (Wildman–Crippen MR) is 127 cm³/mol. The molecule has 0 N–H and O–H groups in total. The van der Waals surface area contributed by atoms with Crippen LogP contribution in [-0.2, 0) is 17.5 Å². The van der Waals surface area contributed by atoms with E-state index in [0.717, 1.165) is 11.0 Å². The van der Waals surface area contributed by atoms with E-state index in [4.69, 9.17) is 4.74 Å². The van der Waals surface area contributed by atoms with Gasteiger partial charge in [-0.05, 0) is 59.3 Å². The number of nitriles is 1. The highest BCUT2D eigenvalue weighted by molar-refractivity contribution is 8.18. The van der Waals surface area contributed by atoms with Crippen LogP contribution in [0.3, 0.4) is 0 Å². The summed E-state index contributed by atoms with van der Waals surface area (Å²) in [5.41, 5.74) is -0.780. The van der Waals surface area contributed by atoms with E-state index in [0.29, 0.717) is 40.6 Å². The Hall–Kier alpha value is -4.63. The maximum atomic E-state index is 12.9. The SMILES string of the molecule is N#Cc1ccccc1CN1C(=O)S/C(=C/c2cccc(Oc3ccc(C(F)(F)F)cc3[N+](=O)[O-])c2)C1=O. The number of carbonyl (C=O) groups excluding carboxylic acids is 2. The number of hydrogen-bond donors (Lipinski definition) is 0. The second kappa shape index (κ2) is 10.2. The number of rotatable bonds is 6. The van der Waals surface area contributed by atoms with Gasteiger partial charge >= 0.3 is 11.9 Å². The van der Waals surface area contributed by atoms with E-state index in [2.05, 4.69) is 0 Å². The number of nitrogens with zero attached hydrogens (tertiary/aromatic N) is 3. The molecule has 1 aliphatic heterocycles. The van der Waals surface area contributed by atoms with Crippen LogP contribution in [0.15, 0.2) is 71.6 Å². The number of hydrogen-bond acceptors (Lipinski definition) is 7. The summed E-state index contributed by atoms with van der Waals surface area (Å²) in [7, 11) is 0. The van der Waals surface area contributed by atoms with Crippen LogP contribution in [0.1, 0.15) is 22.3 Å². The van der Waals surface area contributed by atoms with Crippen LogP contribution in [0.4, 0.5) is 23.7 Å². The second-order valence-corrected chi connectivity index (χ2v) is 8.64. The third-order valence-electron chi connectivity index (χ3n) is 5.21. The van der Waals surface area contributed by atoms with Crippen LogP contribution in [0.5, 0.6) is 11.5 Å². The fourth-order valence-corrected chi connectivity index (χ4v) is 4.28. The Morgan fingerprint density at radius 1 is 1.08 bits per heavy atom. The van der Waals surface area contributed by atoms with Crippen molar-refractivity contribution in [2.24, 2.45) is 0 Å². The molecule has 4 rings (SSSR count). The third-order valence-corrected chi connectivity index (χ3v) is 6.11. The van der Waals surface area contributed by atoms with Gasteiger partial charge in [-0.3, -0.25) is 24.6 Å². The number of amides is 2. The fourth-order valence-electron chi connectivity index (χ4n) is 3.44. The Kier molecular flexibility index (Phi) is 6.99. The minimum absolute atomic E-state index is 0.0683. The Morgan fingerprint density at radius 2 is 1.84 bits per heavy atom. The van der Waals surface area contributed by atoms with Crippen LogP contribution in [0, 0.1) is 21.4 Å². The lowest BCUT2D eigenvalue weighted by molar-refractivity contribution is -0.385. The van der Waals surface area contributed by atoms with E-state index in [1.165, 1.54) is 24.3 Å². The maximum Gasteiger partial charge on any atom is 0.416 e. The zero-order valence-corrected chi connectivity index (χ0v) is 19.4. The largest absolute Gasteiger partial charge is 0.450 e. The molecule has 1 aliphatic rings. The average Bonchev–Trinajstić information content (AvgIpc) is 3.11. The topological polar surface area (TPSA) is 114 Å². The fraction of sp³-hybridized carbons (Fsp3) is 0.0800. The Labute approximate surface area is 211 Å². The summed E-state index contributed by atoms with van der Waals surface area (Å²) in [5, 5.41) is 20.0. The minimum Gasteiger partial charge on any atom is -0.450 e. The summed E-state index contributed by atoms with van der Waals surface area (Å²) in [6, 6.07) is 16.5. The van der Waals surface area contributed by atoms with Crippen molar-refractivity contribution in [1.82, 2.24) is 4.90 Å². The van der Waals surface area contributed by atoms with Crippen LogP contribution in [0.25, 0.3) is 6.08 Å². The van der Waals surface area contributed by atoms with Gasteiger partial charge in [0.15, 0.2) is 0 Å². The van der Waals surface area contributed by atoms with Gasteiger partial charge in [0.2, 0.25) is 5.75 Å². The molecule has 0 unspecified atom stereocenters. The van der Waals surface area contributed by atoms with Crippen molar-refractivity contribution in [2.45, 2.75) is 12.7 Å². The number of imide groups is 1. The zero-order chi connectivity index (χ0) is 26.7. The molecule has 186 valence electrons. The molecule has 0 atom stereocenters. The normalized spacial score (nSPS) is 14.6. The molecule has 1 heterocycles. The number of benzene rings is 3. The van der Waals surface area contributed by atoms with E-state index in [1.54, 1.807) is 30.3 Å². The number of halogens is 3. The summed E-state index contributed by atoms with van der Waals surface area (Å²) < 4.78 is 44.3. The first kappa shape index (κ1) is 25.5. The van der Waals surface area contributed by atoms with Gasteiger partial charge in [-0.1, -0.05) is 30.3 Å². The number of nitro benzene ring substituents is 1. The van der Waals surface area contributed by atoms with Crippen molar-refractivity contribution in [3.8, 4) is 17.6 Å². The average molecular weight is 525 g/mol. The molecular weight excluding hydrogens is 511 g/mol. The van der Waals surface area contributed by atoms with E-state index in [-0.39, 0.29) is 17.2 Å². The number of thioether (sulfide) groups is 1. The first-order valence-corrected chi connectivity index (χ1v) is 11.3. The molecule has 1 fully saturated rings. The summed E-state index contributed by atoms with van der Waals surface area (Å²) in [6.45, 7) is -0.0769. The Morgan fingerprint density at radius 3 is 2.54 bits per heavy atom. The van der Waals surface area contributed by atoms with E-state index in [1.807, 2.05) is 6.07 Å². The maximum absolute atomic E-state index is 12.9. The standard InChI is InChI=1S/C25H14F3N3O5S/c26-25(27,28)18-8-9-21(20(12-18)31(34)35)36-19-7-3-4-15(10-19)11-22-23(32)30(24(33)37-22)14-17-6-2-1-5-16(17)13-29/h1-12H,14H2/b22-11+. The predicted octanol–water partition coefficient (Wildman–Crippen LogP) is 6.51. The lowest BCUT2D eigenvalue weighted by Gasteiger charge is -2.13. The molecule has 37 heavy (non-hydrogen) atoms. The van der Waals surface area contributed by atoms with Gasteiger partial charge in [0.1, 0.15) is 5.75 Å². The molecule has 0 spiro atoms. The van der Waals surface area contributed by atoms with Gasteiger partial charge in [-0.15, -0.1) is 0 Å². The van der Waals surface area contributed by atoms with Crippen LogP contribution >= 0.6 is 11.8 Å². The molecule has 0 bridgehead atoms. The minimum atomic E-state index is -4.76. The smallest absolute Gasteiger partial charge is 0.416 e. The molecule has 0 aromatic heterocycles. The number of carbonyl (C=O) groups is 2. The molecule has 3 aromatic carbocycles. The molecule has 1 saturated heterocycles. The van der Waals surface area contributed by atoms with E-state index < -0.39 is 39.2 Å². The van der Waals surface area contributed by atoms with Gasteiger partial charge in [0.25, 0.3) is 11.1 Å². The summed E-state index contributed by atoms with van der Waals surface area (Å²) >= 11 is 0.708. The Balaban J connectivity index is 1.56. The van der Waals surface area contributed by atoms with E-state index >= 15 is 0 Å². The third kappa shape index (κ3) is 5.62. The molecule has 3 aromatic rings. The quantitative estimate of drug-likeness (QED) is 0.205. The van der Waals surface area contributed by atoms with E-state index in [9.17, 15) is 38.1 Å². The highest BCUT2D eigenvalue weighted by atomic mass is 32.2. The van der Waals surface area contributed by atoms with Crippen LogP contribution in [-0.4, -0.2) is 21.0 Å². The highest BCUT2D eigenvalue weighted by Crippen LogP contribution is 2.38. The monoisotopic (exact) mass is 525 g/mol. The molecule has 0 radical (unpaired) electrons. The molecule has 12 heteroatoms. The lowest BCUT2D eigenvalue weighted by Crippen LogP contribution is -2.27. The van der Waals surface area contributed by atoms with Crippen molar-refractivity contribution < 1.29 is 32.4 Å². The molecule has 2 amide bonds. The van der Waals surface area contributed by atoms with Gasteiger partial charge in [-0.2, -0.15) is 18.4 Å². The van der Waals surface area contributed by atoms with Crippen LogP contribution in [0.2, 0.25) is 0 Å². The van der Waals surface area contributed by atoms with Crippen molar-refractivity contribution in [3.63, 3.8) is 0 Å². The highest BCUT2D eigenvalue weighted by Gasteiger charge is 2.36. The van der Waals surface area contributed by atoms with Crippen molar-refractivity contribution in [3.05, 3.63) is 104 Å². The number of ether oxygens (including phenoxy) is 1. The first-order valence-electron chi connectivity index (χ1n) is 10.4. The molecule has 8 nitrogen and oxygen atoms in total. The number of nitro groups is 1. The van der Waals surface area contributed by atoms with Crippen molar-refractivity contribution >= 4 is 34.7 Å². The summed E-state index contributed by atoms with van der Waals surface area (Å²) in [4.78, 5) is 36.8. The van der Waals surface area contributed by atoms with Gasteiger partial charge in [0, 0.05) is 6.07 Å². The van der Waals surface area contributed by atoms with Gasteiger partial charge in [0.05, 0.1) is 33.6 Å². The van der Waals surface area contributed by atoms with Crippen molar-refractivity contribution in [1.29, 1.82) is 5.26 Å². The van der Waals surface area contributed by atoms with Crippen LogP contribution < -0.4 is 4.74 Å². The summed E-state index contributed by atoms with van der Waals surface area (Å²) in [6.07, 6.45) is -3.34. The molecule has 0 saturated carbocycles. The zero-order valence-electron chi connectivity index (χ0n) is 18.6. The first-order chi connectivity index (χ1) is 17.6. The Bertz CT molecular complexity index is 1500.